The van der Waals surface area contributed by atoms with Crippen molar-refractivity contribution in [2.45, 2.75) is 33.6 Å². The van der Waals surface area contributed by atoms with Gasteiger partial charge in [0.05, 0.1) is 24.5 Å². The molecule has 0 saturated carbocycles. The maximum atomic E-state index is 11.5. The molecule has 11 heteroatoms. The van der Waals surface area contributed by atoms with E-state index in [2.05, 4.69) is 15.7 Å². The average molecular weight is 374 g/mol. The number of rotatable bonds is 10. The van der Waals surface area contributed by atoms with E-state index < -0.39 is 4.92 Å². The summed E-state index contributed by atoms with van der Waals surface area (Å²) in [5.41, 5.74) is 9.93. The largest absolute Gasteiger partial charge is 0.465 e. The van der Waals surface area contributed by atoms with Gasteiger partial charge in [-0.1, -0.05) is 13.3 Å². The van der Waals surface area contributed by atoms with Gasteiger partial charge >= 0.3 is 12.0 Å². The van der Waals surface area contributed by atoms with E-state index in [-0.39, 0.29) is 24.4 Å². The first-order valence-electron chi connectivity index (χ1n) is 8.26. The van der Waals surface area contributed by atoms with Crippen LogP contribution in [0.4, 0.5) is 0 Å². The van der Waals surface area contributed by atoms with Crippen LogP contribution in [-0.2, 0) is 14.3 Å². The summed E-state index contributed by atoms with van der Waals surface area (Å²) in [7, 11) is 1.50. The van der Waals surface area contributed by atoms with Gasteiger partial charge < -0.3 is 25.8 Å². The summed E-state index contributed by atoms with van der Waals surface area (Å²) in [6.07, 6.45) is 3.59. The number of unbranched alkanes of at least 4 members (excludes halogenated alkanes) is 1. The predicted octanol–water partition coefficient (Wildman–Crippen LogP) is 0.682. The van der Waals surface area contributed by atoms with Gasteiger partial charge in [-0.05, 0) is 27.3 Å². The molecular weight excluding hydrogens is 344 g/mol. The lowest BCUT2D eigenvalue weighted by Gasteiger charge is -2.15. The third kappa shape index (κ3) is 14.9. The normalized spacial score (nSPS) is 11.6. The summed E-state index contributed by atoms with van der Waals surface area (Å²) in [5, 5.41) is 10.4. The lowest BCUT2D eigenvalue weighted by molar-refractivity contribution is -0.403. The second kappa shape index (κ2) is 17.1. The van der Waals surface area contributed by atoms with E-state index >= 15 is 0 Å². The molecule has 0 fully saturated rings. The predicted molar refractivity (Wildman–Crippen MR) is 100 cm³/mol. The second-order valence-corrected chi connectivity index (χ2v) is 4.55. The number of nitrogens with two attached hydrogens (primary N) is 2. The molecule has 11 nitrogen and oxygen atoms in total. The number of aliphatic imine (C=N–C) groups is 2. The molecule has 0 aromatic rings. The van der Waals surface area contributed by atoms with E-state index in [1.165, 1.54) is 13.4 Å². The van der Waals surface area contributed by atoms with Crippen LogP contribution in [0.2, 0.25) is 0 Å². The van der Waals surface area contributed by atoms with Gasteiger partial charge in [0, 0.05) is 6.54 Å². The molecule has 0 spiro atoms. The summed E-state index contributed by atoms with van der Waals surface area (Å²) < 4.78 is 10.2. The van der Waals surface area contributed by atoms with E-state index in [9.17, 15) is 14.9 Å². The Morgan fingerprint density at radius 3 is 2.42 bits per heavy atom. The van der Waals surface area contributed by atoms with Gasteiger partial charge in [-0.3, -0.25) is 14.9 Å². The third-order valence-electron chi connectivity index (χ3n) is 2.57. The molecule has 0 aromatic carbocycles. The highest BCUT2D eigenvalue weighted by Crippen LogP contribution is 1.97. The molecule has 26 heavy (non-hydrogen) atoms. The van der Waals surface area contributed by atoms with Crippen LogP contribution in [0.25, 0.3) is 0 Å². The van der Waals surface area contributed by atoms with E-state index in [0.29, 0.717) is 26.0 Å². The molecule has 0 aliphatic rings. The first-order valence-corrected chi connectivity index (χ1v) is 8.26. The Morgan fingerprint density at radius 2 is 1.92 bits per heavy atom. The summed E-state index contributed by atoms with van der Waals surface area (Å²) in [6, 6.07) is -0.110. The zero-order valence-electron chi connectivity index (χ0n) is 15.9. The highest BCUT2D eigenvalue weighted by Gasteiger charge is 2.08. The molecule has 0 aliphatic carbocycles. The van der Waals surface area contributed by atoms with Crippen molar-refractivity contribution >= 4 is 18.3 Å². The Balaban J connectivity index is 0. The minimum Gasteiger partial charge on any atom is -0.465 e. The summed E-state index contributed by atoms with van der Waals surface area (Å²) in [4.78, 5) is 30.5. The minimum absolute atomic E-state index is 0.0241. The lowest BCUT2D eigenvalue weighted by atomic mass is 10.4. The Labute approximate surface area is 153 Å². The molecule has 0 radical (unpaired) electrons. The van der Waals surface area contributed by atoms with Gasteiger partial charge in [0.25, 0.3) is 6.20 Å². The van der Waals surface area contributed by atoms with Crippen molar-refractivity contribution in [2.75, 3.05) is 33.4 Å². The van der Waals surface area contributed by atoms with Crippen molar-refractivity contribution in [1.82, 2.24) is 4.90 Å². The first kappa shape index (κ1) is 25.5. The van der Waals surface area contributed by atoms with Crippen LogP contribution in [0.5, 0.6) is 0 Å². The standard InChI is InChI=1S/C14H25N5O5.CH5N/c1-4-7-8-24-14(17-12(15)9-19(21)22)16-11-18(5-2)10-13(20)23-6-3;1-2/h9,11H,4-8,10,15H2,1-3H3;2H2,1H3/b12-9-,16-11+,17-14+;. The quantitative estimate of drug-likeness (QED) is 0.141. The van der Waals surface area contributed by atoms with Gasteiger partial charge in [-0.25, -0.2) is 0 Å². The molecule has 0 atom stereocenters. The van der Waals surface area contributed by atoms with Crippen LogP contribution in [0.15, 0.2) is 22.0 Å². The number of carbonyl (C=O) groups is 1. The number of hydrogen-bond acceptors (Lipinski definition) is 8. The van der Waals surface area contributed by atoms with Crippen LogP contribution < -0.4 is 11.5 Å². The van der Waals surface area contributed by atoms with Gasteiger partial charge in [0.2, 0.25) is 0 Å². The Morgan fingerprint density at radius 1 is 1.27 bits per heavy atom. The van der Waals surface area contributed by atoms with Gasteiger partial charge in [0.15, 0.2) is 5.82 Å². The second-order valence-electron chi connectivity index (χ2n) is 4.55. The fourth-order valence-corrected chi connectivity index (χ4v) is 1.39. The van der Waals surface area contributed by atoms with Crippen molar-refractivity contribution in [2.24, 2.45) is 21.5 Å². The van der Waals surface area contributed by atoms with Gasteiger partial charge in [-0.15, -0.1) is 0 Å². The molecule has 0 aliphatic heterocycles. The molecule has 0 rings (SSSR count). The van der Waals surface area contributed by atoms with Crippen molar-refractivity contribution in [3.8, 4) is 0 Å². The molecule has 0 bridgehead atoms. The van der Waals surface area contributed by atoms with Crippen LogP contribution in [0, 0.1) is 10.1 Å². The number of amidine groups is 1. The minimum atomic E-state index is -0.717. The first-order chi connectivity index (χ1) is 12.4. The summed E-state index contributed by atoms with van der Waals surface area (Å²) >= 11 is 0. The molecular formula is C15H30N6O5. The fourth-order valence-electron chi connectivity index (χ4n) is 1.39. The fraction of sp³-hybridized carbons (Fsp3) is 0.667. The highest BCUT2D eigenvalue weighted by atomic mass is 16.6. The molecule has 0 saturated heterocycles. The molecule has 150 valence electrons. The average Bonchev–Trinajstić information content (AvgIpc) is 2.59. The maximum absolute atomic E-state index is 11.5. The van der Waals surface area contributed by atoms with Crippen molar-refractivity contribution < 1.29 is 19.2 Å². The number of nitrogens with zero attached hydrogens (tertiary/aromatic N) is 4. The third-order valence-corrected chi connectivity index (χ3v) is 2.57. The SMILES string of the molecule is CCCCOC(/N=C/N(CC)CC(=O)OCC)=N/C(N)=C\[N+](=O)[O-].CN. The Hall–Kier alpha value is -2.69. The monoisotopic (exact) mass is 374 g/mol. The number of carbonyl (C=O) groups excluding carboxylic acids is 1. The molecule has 0 heterocycles. The highest BCUT2D eigenvalue weighted by molar-refractivity contribution is 5.84. The van der Waals surface area contributed by atoms with Crippen LogP contribution in [0.3, 0.4) is 0 Å². The van der Waals surface area contributed by atoms with E-state index in [1.54, 1.807) is 11.8 Å². The summed E-state index contributed by atoms with van der Waals surface area (Å²) in [6.45, 7) is 6.72. The molecule has 0 unspecified atom stereocenters. The lowest BCUT2D eigenvalue weighted by Crippen LogP contribution is -2.30. The molecule has 0 aromatic heterocycles. The van der Waals surface area contributed by atoms with Crippen LogP contribution in [0.1, 0.15) is 33.6 Å². The van der Waals surface area contributed by atoms with Crippen LogP contribution in [-0.4, -0.2) is 61.5 Å². The van der Waals surface area contributed by atoms with Gasteiger partial charge in [0.1, 0.15) is 6.54 Å². The number of nitro groups is 1. The van der Waals surface area contributed by atoms with Crippen molar-refractivity contribution in [3.63, 3.8) is 0 Å². The number of ether oxygens (including phenoxy) is 2. The topological polar surface area (TPSA) is 159 Å². The summed E-state index contributed by atoms with van der Waals surface area (Å²) in [5.74, 6) is -0.721. The number of likely N-dealkylation sites (N-methyl/N-ethyl adjacent to an activating group) is 1. The van der Waals surface area contributed by atoms with Crippen LogP contribution >= 0.6 is 0 Å². The number of esters is 1. The zero-order chi connectivity index (χ0) is 20.4. The molecule has 0 amide bonds. The Kier molecular flexibility index (Phi) is 16.8. The smallest absolute Gasteiger partial charge is 0.325 e. The zero-order valence-corrected chi connectivity index (χ0v) is 15.9. The Bertz CT molecular complexity index is 493. The van der Waals surface area contributed by atoms with E-state index in [1.807, 2.05) is 13.8 Å². The van der Waals surface area contributed by atoms with Gasteiger partial charge in [-0.2, -0.15) is 9.98 Å². The molecule has 4 N–H and O–H groups in total. The maximum Gasteiger partial charge on any atom is 0.325 e. The number of hydrogen-bond donors (Lipinski definition) is 2. The van der Waals surface area contributed by atoms with E-state index in [4.69, 9.17) is 15.2 Å². The van der Waals surface area contributed by atoms with E-state index in [0.717, 1.165) is 12.8 Å². The van der Waals surface area contributed by atoms with Crippen molar-refractivity contribution in [1.29, 1.82) is 0 Å². The van der Waals surface area contributed by atoms with Crippen molar-refractivity contribution in [3.05, 3.63) is 22.1 Å².